The van der Waals surface area contributed by atoms with Crippen molar-refractivity contribution in [1.29, 1.82) is 0 Å². The number of nitrogens with one attached hydrogen (secondary N) is 1. The highest BCUT2D eigenvalue weighted by Gasteiger charge is 1.96. The standard InChI is InChI=1S/C7H9N3S.2C2H7N/c8-9-10(6-11)7-4-2-1-3-5-7;2*1-2-3/h1-6,9H,8H2;2*2-3H2,1H3. The molecule has 6 heteroatoms. The van der Waals surface area contributed by atoms with Crippen LogP contribution in [0, 0.1) is 0 Å². The number of para-hydroxylation sites is 1. The SMILES string of the molecule is CCN.CCN.NNN(C=S)c1ccccc1. The number of anilines is 1. The van der Waals surface area contributed by atoms with Crippen LogP contribution < -0.4 is 27.9 Å². The Labute approximate surface area is 109 Å². The molecule has 1 rings (SSSR count). The van der Waals surface area contributed by atoms with E-state index in [0.717, 1.165) is 18.8 Å². The van der Waals surface area contributed by atoms with Crippen LogP contribution in [-0.4, -0.2) is 18.6 Å². The smallest absolute Gasteiger partial charge is 0.0859 e. The van der Waals surface area contributed by atoms with Crippen LogP contribution in [0.4, 0.5) is 5.69 Å². The monoisotopic (exact) mass is 257 g/mol. The van der Waals surface area contributed by atoms with Crippen molar-refractivity contribution in [2.24, 2.45) is 17.3 Å². The molecule has 0 aliphatic carbocycles. The lowest BCUT2D eigenvalue weighted by Gasteiger charge is -2.15. The summed E-state index contributed by atoms with van der Waals surface area (Å²) in [5.41, 5.74) is 14.5. The maximum absolute atomic E-state index is 5.19. The Bertz CT molecular complexity index is 253. The molecule has 0 unspecified atom stereocenters. The third-order valence-corrected chi connectivity index (χ3v) is 1.49. The maximum Gasteiger partial charge on any atom is 0.0859 e. The number of hydrogen-bond donors (Lipinski definition) is 4. The average molecular weight is 257 g/mol. The van der Waals surface area contributed by atoms with Gasteiger partial charge in [0.05, 0.1) is 11.2 Å². The van der Waals surface area contributed by atoms with Gasteiger partial charge in [-0.25, -0.2) is 0 Å². The molecule has 17 heavy (non-hydrogen) atoms. The van der Waals surface area contributed by atoms with Gasteiger partial charge in [-0.15, -0.1) is 0 Å². The van der Waals surface area contributed by atoms with E-state index in [-0.39, 0.29) is 0 Å². The summed E-state index contributed by atoms with van der Waals surface area (Å²) in [4.78, 5) is 0. The second-order valence-electron chi connectivity index (χ2n) is 2.76. The molecule has 98 valence electrons. The fourth-order valence-corrected chi connectivity index (χ4v) is 0.937. The summed E-state index contributed by atoms with van der Waals surface area (Å²) in [6, 6.07) is 9.57. The first kappa shape index (κ1) is 18.3. The molecule has 0 atom stereocenters. The van der Waals surface area contributed by atoms with Crippen LogP contribution in [0.25, 0.3) is 0 Å². The van der Waals surface area contributed by atoms with E-state index in [1.54, 1.807) is 5.01 Å². The molecular formula is C11H23N5S. The van der Waals surface area contributed by atoms with Crippen molar-refractivity contribution in [3.63, 3.8) is 0 Å². The molecule has 0 bridgehead atoms. The number of hydrogen-bond acceptors (Lipinski definition) is 5. The number of benzene rings is 1. The van der Waals surface area contributed by atoms with Crippen molar-refractivity contribution >= 4 is 23.4 Å². The zero-order valence-electron chi connectivity index (χ0n) is 10.5. The highest BCUT2D eigenvalue weighted by Crippen LogP contribution is 2.07. The van der Waals surface area contributed by atoms with Crippen LogP contribution in [0.2, 0.25) is 0 Å². The summed E-state index contributed by atoms with van der Waals surface area (Å²) in [7, 11) is 0. The van der Waals surface area contributed by atoms with Gasteiger partial charge in [0.15, 0.2) is 0 Å². The van der Waals surface area contributed by atoms with Gasteiger partial charge in [0.2, 0.25) is 0 Å². The normalized spacial score (nSPS) is 8.06. The van der Waals surface area contributed by atoms with E-state index < -0.39 is 0 Å². The van der Waals surface area contributed by atoms with Crippen molar-refractivity contribution in [2.75, 3.05) is 18.1 Å². The lowest BCUT2D eigenvalue weighted by Crippen LogP contribution is -2.41. The van der Waals surface area contributed by atoms with Crippen molar-refractivity contribution in [3.8, 4) is 0 Å². The molecule has 0 radical (unpaired) electrons. The Hall–Kier alpha value is -1.05. The molecule has 1 aromatic rings. The number of hydrazine groups is 2. The van der Waals surface area contributed by atoms with E-state index >= 15 is 0 Å². The van der Waals surface area contributed by atoms with Gasteiger partial charge in [-0.2, -0.15) is 5.53 Å². The Morgan fingerprint density at radius 2 is 1.59 bits per heavy atom. The molecular weight excluding hydrogens is 234 g/mol. The first-order chi connectivity index (χ1) is 8.21. The number of nitrogens with two attached hydrogens (primary N) is 3. The number of thiocarbonyl (C=S) groups is 1. The molecule has 0 aromatic heterocycles. The zero-order chi connectivity index (χ0) is 13.5. The van der Waals surface area contributed by atoms with Gasteiger partial charge in [-0.05, 0) is 25.2 Å². The predicted octanol–water partition coefficient (Wildman–Crippen LogP) is 0.759. The fraction of sp³-hybridized carbons (Fsp3) is 0.364. The Kier molecular flexibility index (Phi) is 16.1. The average Bonchev–Trinajstić information content (AvgIpc) is 2.34. The zero-order valence-corrected chi connectivity index (χ0v) is 11.3. The molecule has 0 saturated carbocycles. The Morgan fingerprint density at radius 1 is 1.18 bits per heavy atom. The van der Waals surface area contributed by atoms with Crippen LogP contribution in [0.15, 0.2) is 30.3 Å². The second-order valence-corrected chi connectivity index (χ2v) is 2.97. The summed E-state index contributed by atoms with van der Waals surface area (Å²) in [6.07, 6.45) is 0. The van der Waals surface area contributed by atoms with Crippen molar-refractivity contribution in [1.82, 2.24) is 5.53 Å². The van der Waals surface area contributed by atoms with Gasteiger partial charge in [-0.1, -0.05) is 44.3 Å². The fourth-order valence-electron chi connectivity index (χ4n) is 0.754. The van der Waals surface area contributed by atoms with E-state index in [2.05, 4.69) is 5.53 Å². The summed E-state index contributed by atoms with van der Waals surface area (Å²) < 4.78 is 0. The number of rotatable bonds is 3. The highest BCUT2D eigenvalue weighted by atomic mass is 32.1. The molecule has 5 nitrogen and oxygen atoms in total. The number of nitrogens with zero attached hydrogens (tertiary/aromatic N) is 1. The van der Waals surface area contributed by atoms with Crippen molar-refractivity contribution in [2.45, 2.75) is 13.8 Å². The highest BCUT2D eigenvalue weighted by molar-refractivity contribution is 7.79. The quantitative estimate of drug-likeness (QED) is 0.363. The Balaban J connectivity index is 0. The van der Waals surface area contributed by atoms with Crippen LogP contribution in [0.5, 0.6) is 0 Å². The van der Waals surface area contributed by atoms with Gasteiger partial charge in [0.1, 0.15) is 0 Å². The molecule has 0 aliphatic rings. The van der Waals surface area contributed by atoms with Gasteiger partial charge in [0.25, 0.3) is 0 Å². The molecule has 0 spiro atoms. The van der Waals surface area contributed by atoms with Crippen LogP contribution in [0.3, 0.4) is 0 Å². The van der Waals surface area contributed by atoms with Gasteiger partial charge in [0, 0.05) is 0 Å². The molecule has 0 heterocycles. The molecule has 0 aliphatic heterocycles. The first-order valence-corrected chi connectivity index (χ1v) is 5.84. The molecule has 1 aromatic carbocycles. The van der Waals surface area contributed by atoms with Crippen molar-refractivity contribution in [3.05, 3.63) is 30.3 Å². The summed E-state index contributed by atoms with van der Waals surface area (Å²) >= 11 is 4.71. The topological polar surface area (TPSA) is 93.3 Å². The lowest BCUT2D eigenvalue weighted by atomic mass is 10.3. The lowest BCUT2D eigenvalue weighted by molar-refractivity contribution is 0.789. The van der Waals surface area contributed by atoms with Gasteiger partial charge >= 0.3 is 0 Å². The van der Waals surface area contributed by atoms with Crippen LogP contribution in [0.1, 0.15) is 13.8 Å². The third-order valence-electron chi connectivity index (χ3n) is 1.28. The summed E-state index contributed by atoms with van der Waals surface area (Å²) in [5.74, 6) is 5.19. The molecule has 0 fully saturated rings. The molecule has 0 amide bonds. The summed E-state index contributed by atoms with van der Waals surface area (Å²) in [6.45, 7) is 5.31. The minimum Gasteiger partial charge on any atom is -0.331 e. The van der Waals surface area contributed by atoms with E-state index in [9.17, 15) is 0 Å². The van der Waals surface area contributed by atoms with Crippen LogP contribution >= 0.6 is 12.2 Å². The van der Waals surface area contributed by atoms with Crippen LogP contribution in [-0.2, 0) is 0 Å². The van der Waals surface area contributed by atoms with Gasteiger partial charge < -0.3 is 11.5 Å². The molecule has 7 N–H and O–H groups in total. The summed E-state index contributed by atoms with van der Waals surface area (Å²) in [5, 5.41) is 1.55. The van der Waals surface area contributed by atoms with E-state index in [4.69, 9.17) is 29.5 Å². The molecule has 0 saturated heterocycles. The van der Waals surface area contributed by atoms with E-state index in [1.807, 2.05) is 44.2 Å². The van der Waals surface area contributed by atoms with Gasteiger partial charge in [-0.3, -0.25) is 10.9 Å². The maximum atomic E-state index is 5.19. The third kappa shape index (κ3) is 11.2. The minimum atomic E-state index is 0.750. The Morgan fingerprint density at radius 3 is 1.88 bits per heavy atom. The first-order valence-electron chi connectivity index (χ1n) is 5.37. The minimum absolute atomic E-state index is 0.750. The largest absolute Gasteiger partial charge is 0.331 e. The second kappa shape index (κ2) is 14.9. The van der Waals surface area contributed by atoms with E-state index in [1.165, 1.54) is 5.49 Å². The van der Waals surface area contributed by atoms with Crippen molar-refractivity contribution < 1.29 is 0 Å². The predicted molar refractivity (Wildman–Crippen MR) is 79.4 cm³/mol. The van der Waals surface area contributed by atoms with E-state index in [0.29, 0.717) is 0 Å².